The van der Waals surface area contributed by atoms with E-state index in [0.717, 1.165) is 27.9 Å². The van der Waals surface area contributed by atoms with Crippen LogP contribution >= 0.6 is 22.6 Å². The van der Waals surface area contributed by atoms with Gasteiger partial charge in [-0.1, -0.05) is 18.2 Å². The molecular weight excluding hydrogens is 455 g/mol. The normalized spacial score (nSPS) is 10.9. The zero-order valence-corrected chi connectivity index (χ0v) is 16.6. The highest BCUT2D eigenvalue weighted by Gasteiger charge is 2.09. The molecular formula is C19H15IN6O. The van der Waals surface area contributed by atoms with Crippen LogP contribution in [-0.2, 0) is 18.4 Å². The molecule has 0 spiro atoms. The molecule has 134 valence electrons. The van der Waals surface area contributed by atoms with E-state index in [1.54, 1.807) is 52.2 Å². The molecule has 0 aliphatic heterocycles. The van der Waals surface area contributed by atoms with E-state index in [0.29, 0.717) is 5.82 Å². The zero-order valence-electron chi connectivity index (χ0n) is 14.5. The standard InChI is InChI=1S/C19H15IN6O/c1-25-12-21-9-17(25)13-3-2-4-14(5-13)19-22-6-15(7-23-19)16-8-24-26(10-16)11-18(20)27/h2-10,12H,11H2,1H3. The second-order valence-corrected chi connectivity index (χ2v) is 7.25. The van der Waals surface area contributed by atoms with Crippen LogP contribution in [0.5, 0.6) is 0 Å². The number of nitrogens with zero attached hydrogens (tertiary/aromatic N) is 6. The van der Waals surface area contributed by atoms with Crippen LogP contribution in [0, 0.1) is 0 Å². The third kappa shape index (κ3) is 3.80. The highest BCUT2D eigenvalue weighted by molar-refractivity contribution is 14.1. The second-order valence-electron chi connectivity index (χ2n) is 6.05. The van der Waals surface area contributed by atoms with Gasteiger partial charge in [0.2, 0.25) is 3.79 Å². The lowest BCUT2D eigenvalue weighted by atomic mass is 10.1. The molecule has 7 nitrogen and oxygen atoms in total. The van der Waals surface area contributed by atoms with Gasteiger partial charge in [0.1, 0.15) is 6.54 Å². The fourth-order valence-electron chi connectivity index (χ4n) is 2.81. The molecule has 0 radical (unpaired) electrons. The molecule has 0 aliphatic carbocycles. The summed E-state index contributed by atoms with van der Waals surface area (Å²) in [6.45, 7) is 0.250. The van der Waals surface area contributed by atoms with Gasteiger partial charge in [0, 0.05) is 70.5 Å². The molecule has 4 aromatic rings. The van der Waals surface area contributed by atoms with Crippen LogP contribution in [0.25, 0.3) is 33.8 Å². The maximum absolute atomic E-state index is 11.2. The first-order valence-corrected chi connectivity index (χ1v) is 9.28. The Morgan fingerprint density at radius 3 is 2.52 bits per heavy atom. The highest BCUT2D eigenvalue weighted by atomic mass is 127. The highest BCUT2D eigenvalue weighted by Crippen LogP contribution is 2.25. The van der Waals surface area contributed by atoms with E-state index in [2.05, 4.69) is 26.1 Å². The van der Waals surface area contributed by atoms with Gasteiger partial charge in [-0.2, -0.15) is 5.10 Å². The molecule has 0 bridgehead atoms. The fourth-order valence-corrected chi connectivity index (χ4v) is 3.16. The van der Waals surface area contributed by atoms with Crippen LogP contribution in [0.3, 0.4) is 0 Å². The van der Waals surface area contributed by atoms with Crippen molar-refractivity contribution in [2.75, 3.05) is 0 Å². The van der Waals surface area contributed by atoms with Crippen LogP contribution in [0.4, 0.5) is 0 Å². The van der Waals surface area contributed by atoms with Crippen molar-refractivity contribution in [2.45, 2.75) is 6.54 Å². The van der Waals surface area contributed by atoms with Gasteiger partial charge in [0.05, 0.1) is 24.4 Å². The second kappa shape index (κ2) is 7.39. The Hall–Kier alpha value is -2.88. The number of carbonyl (C=O) groups is 1. The van der Waals surface area contributed by atoms with Crippen LogP contribution in [-0.4, -0.2) is 33.1 Å². The van der Waals surface area contributed by atoms with E-state index in [-0.39, 0.29) is 10.3 Å². The molecule has 3 aromatic heterocycles. The molecule has 27 heavy (non-hydrogen) atoms. The van der Waals surface area contributed by atoms with Gasteiger partial charge in [-0.15, -0.1) is 0 Å². The number of aryl methyl sites for hydroxylation is 1. The molecule has 0 amide bonds. The smallest absolute Gasteiger partial charge is 0.213 e. The third-order valence-electron chi connectivity index (χ3n) is 4.14. The number of aromatic nitrogens is 6. The van der Waals surface area contributed by atoms with Gasteiger partial charge in [0.25, 0.3) is 0 Å². The number of rotatable bonds is 5. The Kier molecular flexibility index (Phi) is 4.80. The van der Waals surface area contributed by atoms with Crippen molar-refractivity contribution in [2.24, 2.45) is 7.05 Å². The number of hydrogen-bond acceptors (Lipinski definition) is 5. The number of halogens is 1. The largest absolute Gasteiger partial charge is 0.334 e. The van der Waals surface area contributed by atoms with Crippen LogP contribution in [0.1, 0.15) is 0 Å². The Balaban J connectivity index is 1.60. The summed E-state index contributed by atoms with van der Waals surface area (Å²) < 4.78 is 3.61. The Bertz CT molecular complexity index is 1100. The topological polar surface area (TPSA) is 78.5 Å². The summed E-state index contributed by atoms with van der Waals surface area (Å²) in [5.41, 5.74) is 4.76. The molecule has 0 atom stereocenters. The molecule has 1 aromatic carbocycles. The summed E-state index contributed by atoms with van der Waals surface area (Å²) in [6.07, 6.45) is 10.7. The van der Waals surface area contributed by atoms with E-state index in [1.165, 1.54) is 0 Å². The van der Waals surface area contributed by atoms with Gasteiger partial charge >= 0.3 is 0 Å². The van der Waals surface area contributed by atoms with Gasteiger partial charge in [-0.05, 0) is 6.07 Å². The third-order valence-corrected chi connectivity index (χ3v) is 4.48. The molecule has 0 fully saturated rings. The lowest BCUT2D eigenvalue weighted by molar-refractivity contribution is -0.110. The van der Waals surface area contributed by atoms with Crippen molar-refractivity contribution >= 4 is 26.4 Å². The van der Waals surface area contributed by atoms with Crippen molar-refractivity contribution in [1.29, 1.82) is 0 Å². The molecule has 3 heterocycles. The van der Waals surface area contributed by atoms with Crippen LogP contribution in [0.15, 0.2) is 61.6 Å². The van der Waals surface area contributed by atoms with Crippen molar-refractivity contribution < 1.29 is 4.79 Å². The van der Waals surface area contributed by atoms with Gasteiger partial charge in [0.15, 0.2) is 5.82 Å². The number of benzene rings is 1. The van der Waals surface area contributed by atoms with Crippen molar-refractivity contribution in [3.05, 3.63) is 61.6 Å². The van der Waals surface area contributed by atoms with E-state index in [1.807, 2.05) is 42.2 Å². The molecule has 0 unspecified atom stereocenters. The van der Waals surface area contributed by atoms with Crippen molar-refractivity contribution in [1.82, 2.24) is 29.3 Å². The molecule has 4 rings (SSSR count). The van der Waals surface area contributed by atoms with Gasteiger partial charge in [-0.3, -0.25) is 9.48 Å². The molecule has 8 heteroatoms. The monoisotopic (exact) mass is 470 g/mol. The first-order chi connectivity index (χ1) is 13.1. The lowest BCUT2D eigenvalue weighted by Gasteiger charge is -2.06. The van der Waals surface area contributed by atoms with Gasteiger partial charge < -0.3 is 4.57 Å². The van der Waals surface area contributed by atoms with Crippen LogP contribution < -0.4 is 0 Å². The van der Waals surface area contributed by atoms with Gasteiger partial charge in [-0.25, -0.2) is 15.0 Å². The molecule has 0 saturated heterocycles. The summed E-state index contributed by atoms with van der Waals surface area (Å²) in [5, 5.41) is 4.19. The zero-order chi connectivity index (χ0) is 18.8. The average molecular weight is 470 g/mol. The van der Waals surface area contributed by atoms with E-state index < -0.39 is 0 Å². The molecule has 0 saturated carbocycles. The predicted octanol–water partition coefficient (Wildman–Crippen LogP) is 3.37. The fraction of sp³-hybridized carbons (Fsp3) is 0.105. The predicted molar refractivity (Wildman–Crippen MR) is 110 cm³/mol. The summed E-state index contributed by atoms with van der Waals surface area (Å²) in [4.78, 5) is 24.4. The van der Waals surface area contributed by atoms with Crippen LogP contribution in [0.2, 0.25) is 0 Å². The first-order valence-electron chi connectivity index (χ1n) is 8.20. The summed E-state index contributed by atoms with van der Waals surface area (Å²) in [7, 11) is 1.96. The quantitative estimate of drug-likeness (QED) is 0.330. The summed E-state index contributed by atoms with van der Waals surface area (Å²) in [5.74, 6) is 0.651. The Morgan fingerprint density at radius 1 is 1.04 bits per heavy atom. The minimum atomic E-state index is 0.0298. The van der Waals surface area contributed by atoms with Crippen molar-refractivity contribution in [3.8, 4) is 33.8 Å². The number of imidazole rings is 1. The van der Waals surface area contributed by atoms with Crippen molar-refractivity contribution in [3.63, 3.8) is 0 Å². The number of carbonyl (C=O) groups excluding carboxylic acids is 1. The lowest BCUT2D eigenvalue weighted by Crippen LogP contribution is -2.03. The summed E-state index contributed by atoms with van der Waals surface area (Å²) >= 11 is 1.76. The molecule has 0 aliphatic rings. The maximum atomic E-state index is 11.2. The minimum Gasteiger partial charge on any atom is -0.334 e. The van der Waals surface area contributed by atoms with E-state index in [4.69, 9.17) is 0 Å². The maximum Gasteiger partial charge on any atom is 0.213 e. The summed E-state index contributed by atoms with van der Waals surface area (Å²) in [6, 6.07) is 8.06. The SMILES string of the molecule is Cn1cncc1-c1cccc(-c2ncc(-c3cnn(CC(=O)I)c3)cn2)c1. The average Bonchev–Trinajstić information content (AvgIpc) is 3.30. The Labute approximate surface area is 169 Å². The first kappa shape index (κ1) is 17.5. The van der Waals surface area contributed by atoms with E-state index >= 15 is 0 Å². The minimum absolute atomic E-state index is 0.0298. The number of hydrogen-bond donors (Lipinski definition) is 0. The molecule has 0 N–H and O–H groups in total. The van der Waals surface area contributed by atoms with E-state index in [9.17, 15) is 4.79 Å². The Morgan fingerprint density at radius 2 is 1.81 bits per heavy atom.